The Kier molecular flexibility index (Phi) is 7.32. The highest BCUT2D eigenvalue weighted by Crippen LogP contribution is 2.24. The third-order valence-corrected chi connectivity index (χ3v) is 3.65. The molecular formula is C10H12INO3S2. The molecule has 1 aromatic rings. The zero-order valence-corrected chi connectivity index (χ0v) is 12.9. The monoisotopic (exact) mass is 385 g/mol. The summed E-state index contributed by atoms with van der Waals surface area (Å²) in [6.07, 6.45) is 0. The summed E-state index contributed by atoms with van der Waals surface area (Å²) in [7, 11) is 0. The molecule has 7 heteroatoms. The van der Waals surface area contributed by atoms with E-state index in [-0.39, 0.29) is 0 Å². The van der Waals surface area contributed by atoms with E-state index in [0.717, 1.165) is 39.0 Å². The smallest absolute Gasteiger partial charge is 0.106 e. The van der Waals surface area contributed by atoms with E-state index in [1.165, 1.54) is 0 Å². The molecule has 1 aromatic carbocycles. The predicted molar refractivity (Wildman–Crippen MR) is 80.4 cm³/mol. The normalized spacial score (nSPS) is 10.3. The van der Waals surface area contributed by atoms with E-state index >= 15 is 0 Å². The molecular weight excluding hydrogens is 373 g/mol. The largest absolute Gasteiger partial charge is 0.375 e. The van der Waals surface area contributed by atoms with Crippen LogP contribution in [0.25, 0.3) is 0 Å². The van der Waals surface area contributed by atoms with Gasteiger partial charge in [-0.2, -0.15) is 0 Å². The predicted octanol–water partition coefficient (Wildman–Crippen LogP) is 3.12. The molecule has 0 aliphatic heterocycles. The van der Waals surface area contributed by atoms with E-state index in [2.05, 4.69) is 37.3 Å². The van der Waals surface area contributed by atoms with Gasteiger partial charge in [-0.3, -0.25) is 0 Å². The number of hydrogen-bond acceptors (Lipinski definition) is 5. The van der Waals surface area contributed by atoms with Gasteiger partial charge in [0.05, 0.1) is 12.0 Å². The van der Waals surface area contributed by atoms with Crippen molar-refractivity contribution in [2.24, 2.45) is 0 Å². The van der Waals surface area contributed by atoms with Crippen molar-refractivity contribution < 1.29 is 14.6 Å². The molecule has 1 rings (SSSR count). The quantitative estimate of drug-likeness (QED) is 0.196. The molecule has 0 aliphatic rings. The minimum atomic E-state index is 0.702. The summed E-state index contributed by atoms with van der Waals surface area (Å²) >= 11 is 8.48. The van der Waals surface area contributed by atoms with Crippen LogP contribution in [0.5, 0.6) is 0 Å². The highest BCUT2D eigenvalue weighted by Gasteiger charge is 2.06. The summed E-state index contributed by atoms with van der Waals surface area (Å²) in [4.78, 5) is 1.55. The van der Waals surface area contributed by atoms with Gasteiger partial charge in [0.25, 0.3) is 0 Å². The van der Waals surface area contributed by atoms with Crippen molar-refractivity contribution in [3.8, 4) is 0 Å². The first-order valence-corrected chi connectivity index (χ1v) is 7.46. The van der Waals surface area contributed by atoms with Crippen LogP contribution in [-0.4, -0.2) is 21.2 Å². The van der Waals surface area contributed by atoms with Gasteiger partial charge in [-0.25, -0.2) is 5.26 Å². The Labute approximate surface area is 123 Å². The van der Waals surface area contributed by atoms with Crippen LogP contribution >= 0.6 is 46.9 Å². The highest BCUT2D eigenvalue weighted by atomic mass is 127. The van der Waals surface area contributed by atoms with Crippen LogP contribution in [0.4, 0.5) is 0 Å². The Bertz CT molecular complexity index is 390. The standard InChI is InChI=1S/C10H12INO3S2/c1-7-2-3-8(10(16)12-5-4-11)6-9(7)17-15-14-13/h2-3,6,13H,4-5H2,1H3,(H,12,16). The average molecular weight is 385 g/mol. The van der Waals surface area contributed by atoms with Crippen LogP contribution in [0.1, 0.15) is 11.1 Å². The molecule has 0 saturated heterocycles. The lowest BCUT2D eigenvalue weighted by molar-refractivity contribution is -0.432. The van der Waals surface area contributed by atoms with Crippen molar-refractivity contribution in [1.29, 1.82) is 0 Å². The number of rotatable bonds is 6. The number of alkyl halides is 1. The third-order valence-electron chi connectivity index (χ3n) is 1.98. The molecule has 0 unspecified atom stereocenters. The van der Waals surface area contributed by atoms with Crippen LogP contribution < -0.4 is 5.32 Å². The Balaban J connectivity index is 2.76. The fourth-order valence-corrected chi connectivity index (χ4v) is 2.12. The zero-order valence-electron chi connectivity index (χ0n) is 9.10. The van der Waals surface area contributed by atoms with Gasteiger partial charge in [-0.05, 0) is 18.6 Å². The van der Waals surface area contributed by atoms with Crippen molar-refractivity contribution in [1.82, 2.24) is 5.32 Å². The van der Waals surface area contributed by atoms with E-state index < -0.39 is 0 Å². The first-order chi connectivity index (χ1) is 8.19. The summed E-state index contributed by atoms with van der Waals surface area (Å²) < 4.78 is 5.42. The molecule has 17 heavy (non-hydrogen) atoms. The molecule has 0 amide bonds. The van der Waals surface area contributed by atoms with E-state index in [1.54, 1.807) is 0 Å². The number of nitrogens with one attached hydrogen (secondary N) is 1. The van der Waals surface area contributed by atoms with Crippen molar-refractivity contribution in [2.75, 3.05) is 11.0 Å². The van der Waals surface area contributed by atoms with E-state index in [9.17, 15) is 0 Å². The van der Waals surface area contributed by atoms with Gasteiger partial charge in [-0.15, -0.1) is 4.33 Å². The van der Waals surface area contributed by atoms with E-state index in [1.807, 2.05) is 25.1 Å². The van der Waals surface area contributed by atoms with Crippen molar-refractivity contribution in [2.45, 2.75) is 11.8 Å². The first-order valence-electron chi connectivity index (χ1n) is 4.78. The van der Waals surface area contributed by atoms with Gasteiger partial charge in [0, 0.05) is 21.4 Å². The fraction of sp³-hybridized carbons (Fsp3) is 0.300. The minimum Gasteiger partial charge on any atom is -0.375 e. The van der Waals surface area contributed by atoms with Crippen LogP contribution in [-0.2, 0) is 9.37 Å². The Hall–Kier alpha value is 0.0700. The third kappa shape index (κ3) is 5.06. The van der Waals surface area contributed by atoms with Crippen molar-refractivity contribution >= 4 is 51.8 Å². The Morgan fingerprint density at radius 1 is 1.59 bits per heavy atom. The molecule has 0 heterocycles. The van der Waals surface area contributed by atoms with Gasteiger partial charge in [0.1, 0.15) is 4.99 Å². The lowest BCUT2D eigenvalue weighted by atomic mass is 10.1. The second-order valence-corrected chi connectivity index (χ2v) is 5.38. The number of halogens is 1. The van der Waals surface area contributed by atoms with Gasteiger partial charge in [0.15, 0.2) is 0 Å². The van der Waals surface area contributed by atoms with Crippen LogP contribution in [0, 0.1) is 6.92 Å². The molecule has 0 fully saturated rings. The number of aryl methyl sites for hydroxylation is 1. The topological polar surface area (TPSA) is 50.7 Å². The Morgan fingerprint density at radius 3 is 3.00 bits per heavy atom. The SMILES string of the molecule is Cc1ccc(C(=S)NCCI)cc1SOOO. The maximum atomic E-state index is 8.13. The van der Waals surface area contributed by atoms with Crippen molar-refractivity contribution in [3.05, 3.63) is 29.3 Å². The maximum absolute atomic E-state index is 8.13. The fourth-order valence-electron chi connectivity index (χ4n) is 1.15. The molecule has 0 atom stereocenters. The van der Waals surface area contributed by atoms with E-state index in [4.69, 9.17) is 17.5 Å². The molecule has 94 valence electrons. The van der Waals surface area contributed by atoms with Crippen LogP contribution in [0.15, 0.2) is 23.1 Å². The van der Waals surface area contributed by atoms with Gasteiger partial charge in [-0.1, -0.05) is 52.0 Å². The number of thiocarbonyl (C=S) groups is 1. The molecule has 0 aliphatic carbocycles. The lowest BCUT2D eigenvalue weighted by Crippen LogP contribution is -2.24. The number of benzene rings is 1. The zero-order chi connectivity index (χ0) is 12.7. The summed E-state index contributed by atoms with van der Waals surface area (Å²) in [5.74, 6) is 0. The molecule has 0 saturated carbocycles. The summed E-state index contributed by atoms with van der Waals surface area (Å²) in [5, 5.41) is 14.9. The highest BCUT2D eigenvalue weighted by molar-refractivity contribution is 14.1. The molecule has 0 bridgehead atoms. The summed E-state index contributed by atoms with van der Waals surface area (Å²) in [5.41, 5.74) is 1.94. The summed E-state index contributed by atoms with van der Waals surface area (Å²) in [6.45, 7) is 2.78. The second-order valence-electron chi connectivity index (χ2n) is 3.15. The molecule has 4 nitrogen and oxygen atoms in total. The lowest BCUT2D eigenvalue weighted by Gasteiger charge is -2.09. The molecule has 0 radical (unpaired) electrons. The average Bonchev–Trinajstić information content (AvgIpc) is 2.35. The van der Waals surface area contributed by atoms with E-state index in [0.29, 0.717) is 4.99 Å². The minimum absolute atomic E-state index is 0.702. The maximum Gasteiger partial charge on any atom is 0.106 e. The van der Waals surface area contributed by atoms with Gasteiger partial charge >= 0.3 is 0 Å². The van der Waals surface area contributed by atoms with Crippen LogP contribution in [0.3, 0.4) is 0 Å². The molecule has 2 N–H and O–H groups in total. The van der Waals surface area contributed by atoms with Gasteiger partial charge < -0.3 is 5.32 Å². The van der Waals surface area contributed by atoms with Crippen molar-refractivity contribution in [3.63, 3.8) is 0 Å². The second kappa shape index (κ2) is 8.22. The van der Waals surface area contributed by atoms with Gasteiger partial charge in [0.2, 0.25) is 0 Å². The molecule has 0 spiro atoms. The number of hydrogen-bond donors (Lipinski definition) is 2. The molecule has 0 aromatic heterocycles. The summed E-state index contributed by atoms with van der Waals surface area (Å²) in [6, 6.07) is 5.78. The Morgan fingerprint density at radius 2 is 2.35 bits per heavy atom. The first kappa shape index (κ1) is 15.1. The van der Waals surface area contributed by atoms with Crippen LogP contribution in [0.2, 0.25) is 0 Å².